The largest absolute Gasteiger partial charge is 0.223 e. The van der Waals surface area contributed by atoms with Crippen LogP contribution in [0.4, 0.5) is 0 Å². The van der Waals surface area contributed by atoms with E-state index in [2.05, 4.69) is 20.8 Å². The Labute approximate surface area is 121 Å². The molecule has 0 aromatic heterocycles. The molecule has 0 fully saturated rings. The molecule has 0 radical (unpaired) electrons. The quantitative estimate of drug-likeness (QED) is 0.856. The van der Waals surface area contributed by atoms with Crippen LogP contribution in [0.15, 0.2) is 59.5 Å². The van der Waals surface area contributed by atoms with Gasteiger partial charge < -0.3 is 0 Å². The first-order valence-corrected chi connectivity index (χ1v) is 8.31. The van der Waals surface area contributed by atoms with Crippen molar-refractivity contribution in [3.8, 4) is 0 Å². The van der Waals surface area contributed by atoms with Gasteiger partial charge in [0.1, 0.15) is 0 Å². The predicted molar refractivity (Wildman–Crippen MR) is 82.5 cm³/mol. The molecule has 0 spiro atoms. The summed E-state index contributed by atoms with van der Waals surface area (Å²) in [6, 6.07) is 16.5. The number of rotatable bonds is 3. The van der Waals surface area contributed by atoms with Crippen molar-refractivity contribution in [2.24, 2.45) is 0 Å². The summed E-state index contributed by atoms with van der Waals surface area (Å²) >= 11 is 0. The van der Waals surface area contributed by atoms with Gasteiger partial charge in [0.2, 0.25) is 0 Å². The van der Waals surface area contributed by atoms with E-state index in [1.54, 1.807) is 12.1 Å². The molecule has 106 valence electrons. The average Bonchev–Trinajstić information content (AvgIpc) is 2.38. The van der Waals surface area contributed by atoms with Gasteiger partial charge in [0.05, 0.1) is 10.6 Å². The Morgan fingerprint density at radius 3 is 2.15 bits per heavy atom. The molecule has 0 saturated carbocycles. The standard InChI is InChI=1S/C17H20O2S/c1-17(2,3)15-10-7-11-16(12-15)20(18,19)13-14-8-5-4-6-9-14/h4-12H,13H2,1-3H3. The van der Waals surface area contributed by atoms with E-state index in [1.165, 1.54) is 0 Å². The number of hydrogen-bond acceptors (Lipinski definition) is 2. The molecular weight excluding hydrogens is 268 g/mol. The van der Waals surface area contributed by atoms with Crippen molar-refractivity contribution >= 4 is 9.84 Å². The van der Waals surface area contributed by atoms with Crippen LogP contribution in [0.5, 0.6) is 0 Å². The molecule has 2 aromatic carbocycles. The minimum Gasteiger partial charge on any atom is -0.223 e. The van der Waals surface area contributed by atoms with Gasteiger partial charge in [0, 0.05) is 0 Å². The number of benzene rings is 2. The smallest absolute Gasteiger partial charge is 0.182 e. The van der Waals surface area contributed by atoms with E-state index >= 15 is 0 Å². The Morgan fingerprint density at radius 2 is 1.55 bits per heavy atom. The van der Waals surface area contributed by atoms with Gasteiger partial charge in [0.15, 0.2) is 9.84 Å². The monoisotopic (exact) mass is 288 g/mol. The van der Waals surface area contributed by atoms with Gasteiger partial charge in [-0.25, -0.2) is 8.42 Å². The highest BCUT2D eigenvalue weighted by molar-refractivity contribution is 7.90. The first-order valence-electron chi connectivity index (χ1n) is 6.66. The minimum atomic E-state index is -3.30. The number of sulfone groups is 1. The number of hydrogen-bond donors (Lipinski definition) is 0. The van der Waals surface area contributed by atoms with Crippen molar-refractivity contribution in [2.75, 3.05) is 0 Å². The third kappa shape index (κ3) is 3.48. The van der Waals surface area contributed by atoms with Crippen molar-refractivity contribution in [3.05, 3.63) is 65.7 Å². The Kier molecular flexibility index (Phi) is 4.00. The predicted octanol–water partition coefficient (Wildman–Crippen LogP) is 3.96. The Bertz CT molecular complexity index is 680. The molecule has 0 unspecified atom stereocenters. The zero-order valence-corrected chi connectivity index (χ0v) is 12.9. The third-order valence-electron chi connectivity index (χ3n) is 3.26. The van der Waals surface area contributed by atoms with Crippen LogP contribution in [0, 0.1) is 0 Å². The Balaban J connectivity index is 2.35. The van der Waals surface area contributed by atoms with Crippen LogP contribution in [0.3, 0.4) is 0 Å². The molecule has 0 atom stereocenters. The summed E-state index contributed by atoms with van der Waals surface area (Å²) in [5, 5.41) is 0. The summed E-state index contributed by atoms with van der Waals surface area (Å²) in [6.45, 7) is 6.24. The summed E-state index contributed by atoms with van der Waals surface area (Å²) < 4.78 is 25.0. The van der Waals surface area contributed by atoms with E-state index in [1.807, 2.05) is 42.5 Å². The lowest BCUT2D eigenvalue weighted by atomic mass is 9.87. The van der Waals surface area contributed by atoms with E-state index in [-0.39, 0.29) is 11.2 Å². The summed E-state index contributed by atoms with van der Waals surface area (Å²) in [6.07, 6.45) is 0. The van der Waals surface area contributed by atoms with Crippen LogP contribution in [0.1, 0.15) is 31.9 Å². The van der Waals surface area contributed by atoms with E-state index in [9.17, 15) is 8.42 Å². The van der Waals surface area contributed by atoms with E-state index < -0.39 is 9.84 Å². The highest BCUT2D eigenvalue weighted by Gasteiger charge is 2.19. The lowest BCUT2D eigenvalue weighted by molar-refractivity contribution is 0.583. The molecule has 0 bridgehead atoms. The van der Waals surface area contributed by atoms with Crippen molar-refractivity contribution in [3.63, 3.8) is 0 Å². The minimum absolute atomic E-state index is 0.0431. The van der Waals surface area contributed by atoms with Gasteiger partial charge in [0.25, 0.3) is 0 Å². The van der Waals surface area contributed by atoms with E-state index in [0.29, 0.717) is 4.90 Å². The molecule has 0 amide bonds. The zero-order valence-electron chi connectivity index (χ0n) is 12.1. The maximum Gasteiger partial charge on any atom is 0.182 e. The molecule has 0 aliphatic rings. The highest BCUT2D eigenvalue weighted by atomic mass is 32.2. The summed E-state index contributed by atoms with van der Waals surface area (Å²) in [5.74, 6) is 0.0431. The second-order valence-electron chi connectivity index (χ2n) is 6.02. The van der Waals surface area contributed by atoms with Gasteiger partial charge in [-0.15, -0.1) is 0 Å². The van der Waals surface area contributed by atoms with Crippen molar-refractivity contribution in [1.29, 1.82) is 0 Å². The molecule has 20 heavy (non-hydrogen) atoms. The molecular formula is C17H20O2S. The fourth-order valence-corrected chi connectivity index (χ4v) is 3.42. The second kappa shape index (κ2) is 5.41. The molecule has 0 aliphatic carbocycles. The van der Waals surface area contributed by atoms with Gasteiger partial charge in [-0.05, 0) is 28.7 Å². The van der Waals surface area contributed by atoms with E-state index in [0.717, 1.165) is 11.1 Å². The molecule has 2 nitrogen and oxygen atoms in total. The normalized spacial score (nSPS) is 12.3. The lowest BCUT2D eigenvalue weighted by Crippen LogP contribution is -2.13. The van der Waals surface area contributed by atoms with Crippen LogP contribution in [-0.2, 0) is 21.0 Å². The summed E-state index contributed by atoms with van der Waals surface area (Å²) in [7, 11) is -3.30. The maximum absolute atomic E-state index is 12.5. The SMILES string of the molecule is CC(C)(C)c1cccc(S(=O)(=O)Cc2ccccc2)c1. The van der Waals surface area contributed by atoms with Crippen LogP contribution >= 0.6 is 0 Å². The molecule has 0 heterocycles. The van der Waals surface area contributed by atoms with Crippen LogP contribution < -0.4 is 0 Å². The van der Waals surface area contributed by atoms with Gasteiger partial charge in [-0.1, -0.05) is 63.2 Å². The summed E-state index contributed by atoms with van der Waals surface area (Å²) in [5.41, 5.74) is 1.79. The van der Waals surface area contributed by atoms with Crippen molar-refractivity contribution in [2.45, 2.75) is 36.8 Å². The fraction of sp³-hybridized carbons (Fsp3) is 0.294. The van der Waals surface area contributed by atoms with Crippen LogP contribution in [0.2, 0.25) is 0 Å². The fourth-order valence-electron chi connectivity index (χ4n) is 2.03. The van der Waals surface area contributed by atoms with Gasteiger partial charge in [-0.2, -0.15) is 0 Å². The Morgan fingerprint density at radius 1 is 0.900 bits per heavy atom. The second-order valence-corrected chi connectivity index (χ2v) is 8.01. The van der Waals surface area contributed by atoms with E-state index in [4.69, 9.17) is 0 Å². The average molecular weight is 288 g/mol. The molecule has 3 heteroatoms. The maximum atomic E-state index is 12.5. The van der Waals surface area contributed by atoms with Crippen LogP contribution in [0.25, 0.3) is 0 Å². The lowest BCUT2D eigenvalue weighted by Gasteiger charge is -2.19. The zero-order chi connectivity index (χ0) is 14.8. The first kappa shape index (κ1) is 14.8. The molecule has 0 N–H and O–H groups in total. The summed E-state index contributed by atoms with van der Waals surface area (Å²) in [4.78, 5) is 0.397. The molecule has 0 saturated heterocycles. The van der Waals surface area contributed by atoms with Crippen molar-refractivity contribution in [1.82, 2.24) is 0 Å². The Hall–Kier alpha value is -1.61. The van der Waals surface area contributed by atoms with Gasteiger partial charge in [-0.3, -0.25) is 0 Å². The first-order chi connectivity index (χ1) is 9.29. The molecule has 2 rings (SSSR count). The van der Waals surface area contributed by atoms with Crippen molar-refractivity contribution < 1.29 is 8.42 Å². The molecule has 0 aliphatic heterocycles. The highest BCUT2D eigenvalue weighted by Crippen LogP contribution is 2.25. The topological polar surface area (TPSA) is 34.1 Å². The van der Waals surface area contributed by atoms with Crippen LogP contribution in [-0.4, -0.2) is 8.42 Å². The molecule has 2 aromatic rings. The third-order valence-corrected chi connectivity index (χ3v) is 4.94. The van der Waals surface area contributed by atoms with Gasteiger partial charge >= 0.3 is 0 Å².